The molecule has 0 aliphatic heterocycles. The zero-order chi connectivity index (χ0) is 19.1. The molecule has 0 heterocycles. The fourth-order valence-corrected chi connectivity index (χ4v) is 2.27. The van der Waals surface area contributed by atoms with Gasteiger partial charge in [-0.3, -0.25) is 9.59 Å². The minimum absolute atomic E-state index is 0.0161. The number of phenolic OH excluding ortho intramolecular Hbond substituents is 4. The highest BCUT2D eigenvalue weighted by Gasteiger charge is 2.14. The van der Waals surface area contributed by atoms with E-state index in [1.54, 1.807) is 0 Å². The molecule has 0 saturated carbocycles. The van der Waals surface area contributed by atoms with Crippen LogP contribution in [0.5, 0.6) is 23.0 Å². The zero-order valence-electron chi connectivity index (χ0n) is 13.9. The van der Waals surface area contributed by atoms with Crippen LogP contribution in [0.25, 0.3) is 0 Å². The third-order valence-electron chi connectivity index (χ3n) is 3.69. The SMILES string of the molecule is O=C(NCCCCNC(=O)c1cccc(O)c1O)c1cccc(O)c1O. The van der Waals surface area contributed by atoms with Crippen LogP contribution in [0.2, 0.25) is 0 Å². The van der Waals surface area contributed by atoms with Crippen LogP contribution in [-0.4, -0.2) is 45.3 Å². The van der Waals surface area contributed by atoms with Crippen molar-refractivity contribution in [1.29, 1.82) is 0 Å². The van der Waals surface area contributed by atoms with E-state index in [4.69, 9.17) is 0 Å². The third kappa shape index (κ3) is 4.56. The van der Waals surface area contributed by atoms with Crippen LogP contribution in [-0.2, 0) is 0 Å². The molecule has 0 aliphatic carbocycles. The van der Waals surface area contributed by atoms with E-state index in [-0.39, 0.29) is 22.6 Å². The summed E-state index contributed by atoms with van der Waals surface area (Å²) in [5.41, 5.74) is -0.0321. The van der Waals surface area contributed by atoms with E-state index in [2.05, 4.69) is 10.6 Å². The molecule has 8 nitrogen and oxygen atoms in total. The standard InChI is InChI=1S/C18H20N2O6/c21-13-7-3-5-11(15(13)23)17(25)19-9-1-2-10-20-18(26)12-6-4-8-14(22)16(12)24/h3-8,21-24H,1-2,9-10H2,(H,19,25)(H,20,26). The summed E-state index contributed by atoms with van der Waals surface area (Å²) in [7, 11) is 0. The Kier molecular flexibility index (Phi) is 6.26. The molecule has 2 aromatic carbocycles. The van der Waals surface area contributed by atoms with Crippen LogP contribution < -0.4 is 10.6 Å². The highest BCUT2D eigenvalue weighted by atomic mass is 16.3. The molecule has 0 spiro atoms. The van der Waals surface area contributed by atoms with Crippen molar-refractivity contribution in [1.82, 2.24) is 10.6 Å². The molecule has 0 fully saturated rings. The molecular weight excluding hydrogens is 340 g/mol. The smallest absolute Gasteiger partial charge is 0.255 e. The molecule has 0 unspecified atom stereocenters. The molecule has 138 valence electrons. The van der Waals surface area contributed by atoms with E-state index >= 15 is 0 Å². The van der Waals surface area contributed by atoms with Crippen molar-refractivity contribution in [2.24, 2.45) is 0 Å². The van der Waals surface area contributed by atoms with Gasteiger partial charge in [0.1, 0.15) is 0 Å². The van der Waals surface area contributed by atoms with Gasteiger partial charge in [-0.05, 0) is 37.1 Å². The Bertz CT molecular complexity index is 739. The summed E-state index contributed by atoms with van der Waals surface area (Å²) in [6.07, 6.45) is 1.13. The van der Waals surface area contributed by atoms with E-state index in [9.17, 15) is 30.0 Å². The summed E-state index contributed by atoms with van der Waals surface area (Å²) in [5.74, 6) is -2.68. The van der Waals surface area contributed by atoms with E-state index in [1.807, 2.05) is 0 Å². The Morgan fingerprint density at radius 1 is 0.692 bits per heavy atom. The quantitative estimate of drug-likeness (QED) is 0.326. The van der Waals surface area contributed by atoms with Crippen molar-refractivity contribution in [2.45, 2.75) is 12.8 Å². The molecular formula is C18H20N2O6. The van der Waals surface area contributed by atoms with Gasteiger partial charge in [-0.15, -0.1) is 0 Å². The number of benzene rings is 2. The topological polar surface area (TPSA) is 139 Å². The first-order valence-corrected chi connectivity index (χ1v) is 8.00. The fourth-order valence-electron chi connectivity index (χ4n) is 2.27. The number of hydrogen-bond donors (Lipinski definition) is 6. The van der Waals surface area contributed by atoms with Crippen LogP contribution in [0.3, 0.4) is 0 Å². The molecule has 2 aromatic rings. The van der Waals surface area contributed by atoms with Crippen LogP contribution in [0.15, 0.2) is 36.4 Å². The van der Waals surface area contributed by atoms with Gasteiger partial charge >= 0.3 is 0 Å². The average Bonchev–Trinajstić information content (AvgIpc) is 2.62. The van der Waals surface area contributed by atoms with Gasteiger partial charge in [0.15, 0.2) is 23.0 Å². The molecule has 0 bridgehead atoms. The van der Waals surface area contributed by atoms with Crippen LogP contribution in [0.1, 0.15) is 33.6 Å². The van der Waals surface area contributed by atoms with Crippen LogP contribution in [0.4, 0.5) is 0 Å². The Morgan fingerprint density at radius 2 is 1.08 bits per heavy atom. The average molecular weight is 360 g/mol. The number of hydrogen-bond acceptors (Lipinski definition) is 6. The van der Waals surface area contributed by atoms with Gasteiger partial charge < -0.3 is 31.1 Å². The van der Waals surface area contributed by atoms with Crippen molar-refractivity contribution < 1.29 is 30.0 Å². The lowest BCUT2D eigenvalue weighted by atomic mass is 10.1. The Hall–Kier alpha value is -3.42. The molecule has 26 heavy (non-hydrogen) atoms. The molecule has 0 aliphatic rings. The van der Waals surface area contributed by atoms with Gasteiger partial charge in [0, 0.05) is 13.1 Å². The number of aromatic hydroxyl groups is 4. The number of para-hydroxylation sites is 2. The third-order valence-corrected chi connectivity index (χ3v) is 3.69. The number of unbranched alkanes of at least 4 members (excludes halogenated alkanes) is 1. The number of carbonyl (C=O) groups is 2. The highest BCUT2D eigenvalue weighted by Crippen LogP contribution is 2.28. The molecule has 8 heteroatoms. The molecule has 0 radical (unpaired) electrons. The summed E-state index contributed by atoms with van der Waals surface area (Å²) in [5, 5.41) is 43.2. The van der Waals surface area contributed by atoms with Gasteiger partial charge in [-0.25, -0.2) is 0 Å². The zero-order valence-corrected chi connectivity index (χ0v) is 13.9. The number of nitrogens with one attached hydrogen (secondary N) is 2. The maximum Gasteiger partial charge on any atom is 0.255 e. The van der Waals surface area contributed by atoms with E-state index in [0.29, 0.717) is 25.9 Å². The Balaban J connectivity index is 1.71. The van der Waals surface area contributed by atoms with Crippen LogP contribution in [0, 0.1) is 0 Å². The predicted molar refractivity (Wildman–Crippen MR) is 93.4 cm³/mol. The molecule has 2 amide bonds. The fraction of sp³-hybridized carbons (Fsp3) is 0.222. The van der Waals surface area contributed by atoms with Crippen molar-refractivity contribution in [3.63, 3.8) is 0 Å². The summed E-state index contributed by atoms with van der Waals surface area (Å²) in [6, 6.07) is 8.25. The summed E-state index contributed by atoms with van der Waals surface area (Å²) >= 11 is 0. The monoisotopic (exact) mass is 360 g/mol. The highest BCUT2D eigenvalue weighted by molar-refractivity contribution is 5.98. The van der Waals surface area contributed by atoms with E-state index in [1.165, 1.54) is 36.4 Å². The second-order valence-corrected chi connectivity index (χ2v) is 5.57. The minimum Gasteiger partial charge on any atom is -0.504 e. The molecule has 0 aromatic heterocycles. The lowest BCUT2D eigenvalue weighted by Gasteiger charge is -2.09. The van der Waals surface area contributed by atoms with Crippen molar-refractivity contribution in [3.8, 4) is 23.0 Å². The summed E-state index contributed by atoms with van der Waals surface area (Å²) in [6.45, 7) is 0.641. The number of amides is 2. The molecule has 2 rings (SSSR count). The Labute approximate surface area is 149 Å². The lowest BCUT2D eigenvalue weighted by Crippen LogP contribution is -2.27. The summed E-state index contributed by atoms with van der Waals surface area (Å²) in [4.78, 5) is 23.8. The second-order valence-electron chi connectivity index (χ2n) is 5.57. The molecule has 6 N–H and O–H groups in total. The predicted octanol–water partition coefficient (Wildman–Crippen LogP) is 1.45. The van der Waals surface area contributed by atoms with Gasteiger partial charge in [0.2, 0.25) is 0 Å². The molecule has 0 atom stereocenters. The first-order valence-electron chi connectivity index (χ1n) is 8.00. The molecule has 0 saturated heterocycles. The van der Waals surface area contributed by atoms with Crippen LogP contribution >= 0.6 is 0 Å². The van der Waals surface area contributed by atoms with Gasteiger partial charge in [0.25, 0.3) is 11.8 Å². The first kappa shape index (κ1) is 18.9. The van der Waals surface area contributed by atoms with Crippen molar-refractivity contribution >= 4 is 11.8 Å². The van der Waals surface area contributed by atoms with Gasteiger partial charge in [-0.1, -0.05) is 12.1 Å². The summed E-state index contributed by atoms with van der Waals surface area (Å²) < 4.78 is 0. The van der Waals surface area contributed by atoms with E-state index in [0.717, 1.165) is 0 Å². The maximum atomic E-state index is 11.9. The number of carbonyl (C=O) groups excluding carboxylic acids is 2. The second kappa shape index (κ2) is 8.61. The van der Waals surface area contributed by atoms with Crippen molar-refractivity contribution in [3.05, 3.63) is 47.5 Å². The Morgan fingerprint density at radius 3 is 1.46 bits per heavy atom. The van der Waals surface area contributed by atoms with E-state index < -0.39 is 23.3 Å². The normalized spacial score (nSPS) is 10.3. The first-order chi connectivity index (χ1) is 12.4. The lowest BCUT2D eigenvalue weighted by molar-refractivity contribution is 0.0936. The van der Waals surface area contributed by atoms with Gasteiger partial charge in [-0.2, -0.15) is 0 Å². The van der Waals surface area contributed by atoms with Crippen molar-refractivity contribution in [2.75, 3.05) is 13.1 Å². The maximum absolute atomic E-state index is 11.9. The number of phenols is 4. The number of rotatable bonds is 7. The largest absolute Gasteiger partial charge is 0.504 e. The minimum atomic E-state index is -0.507. The van der Waals surface area contributed by atoms with Gasteiger partial charge in [0.05, 0.1) is 11.1 Å².